The minimum absolute atomic E-state index is 1.07. The number of nitrogens with zero attached hydrogens (tertiary/aromatic N) is 1. The van der Waals surface area contributed by atoms with Crippen LogP contribution in [0, 0.1) is 0 Å². The summed E-state index contributed by atoms with van der Waals surface area (Å²) in [6.45, 7) is 0. The van der Waals surface area contributed by atoms with E-state index in [0.717, 1.165) is 12.8 Å². The molecule has 0 saturated heterocycles. The molecule has 0 fully saturated rings. The number of rotatable bonds is 2. The fourth-order valence-electron chi connectivity index (χ4n) is 6.15. The second-order valence-corrected chi connectivity index (χ2v) is 9.40. The first-order valence-corrected chi connectivity index (χ1v) is 12.0. The lowest BCUT2D eigenvalue weighted by Crippen LogP contribution is -2.03. The van der Waals surface area contributed by atoms with Crippen LogP contribution in [0.3, 0.4) is 0 Å². The fraction of sp³-hybridized carbons (Fsp3) is 0.0625. The minimum Gasteiger partial charge on any atom is -0.354 e. The summed E-state index contributed by atoms with van der Waals surface area (Å²) in [5.41, 5.74) is 11.8. The Kier molecular flexibility index (Phi) is 3.53. The Hall–Kier alpha value is -4.30. The second-order valence-electron chi connectivity index (χ2n) is 9.40. The van der Waals surface area contributed by atoms with Crippen LogP contribution in [-0.4, -0.2) is 9.55 Å². The Bertz CT molecular complexity index is 1880. The summed E-state index contributed by atoms with van der Waals surface area (Å²) in [4.78, 5) is 3.72. The molecule has 2 heterocycles. The third-order valence-electron chi connectivity index (χ3n) is 7.61. The van der Waals surface area contributed by atoms with E-state index in [4.69, 9.17) is 0 Å². The smallest absolute Gasteiger partial charge is 0.0580 e. The van der Waals surface area contributed by atoms with Crippen LogP contribution in [0.5, 0.6) is 0 Å². The number of hydrogen-bond donors (Lipinski definition) is 1. The highest BCUT2D eigenvalue weighted by atomic mass is 15.0. The average Bonchev–Trinajstić information content (AvgIpc) is 3.44. The van der Waals surface area contributed by atoms with Gasteiger partial charge in [-0.1, -0.05) is 72.8 Å². The standard InChI is InChI=1S/C32H22N2/c1-2-7-20(8-3-1)21-13-16-23(17-14-21)34-29-12-5-4-10-24(29)26-19-28-31-25(32(26)34)18-15-22-9-6-11-27(33-28)30(22)31/h1-14,16-17,19,33H,15,18H2. The van der Waals surface area contributed by atoms with Gasteiger partial charge in [-0.05, 0) is 65.4 Å². The number of H-pyrrole nitrogens is 1. The van der Waals surface area contributed by atoms with Gasteiger partial charge in [0, 0.05) is 38.3 Å². The summed E-state index contributed by atoms with van der Waals surface area (Å²) < 4.78 is 2.49. The van der Waals surface area contributed by atoms with Gasteiger partial charge < -0.3 is 9.55 Å². The van der Waals surface area contributed by atoms with Gasteiger partial charge in [-0.3, -0.25) is 0 Å². The van der Waals surface area contributed by atoms with Crippen molar-refractivity contribution >= 4 is 43.6 Å². The quantitative estimate of drug-likeness (QED) is 0.283. The molecule has 2 heteroatoms. The van der Waals surface area contributed by atoms with Crippen LogP contribution in [-0.2, 0) is 12.8 Å². The van der Waals surface area contributed by atoms with Gasteiger partial charge in [0.15, 0.2) is 0 Å². The topological polar surface area (TPSA) is 20.7 Å². The number of hydrogen-bond acceptors (Lipinski definition) is 0. The minimum atomic E-state index is 1.07. The van der Waals surface area contributed by atoms with Crippen molar-refractivity contribution in [1.82, 2.24) is 9.55 Å². The number of fused-ring (bicyclic) bond motifs is 4. The van der Waals surface area contributed by atoms with Crippen LogP contribution in [0.25, 0.3) is 60.4 Å². The van der Waals surface area contributed by atoms with Crippen molar-refractivity contribution in [2.75, 3.05) is 0 Å². The molecule has 0 spiro atoms. The summed E-state index contributed by atoms with van der Waals surface area (Å²) >= 11 is 0. The van der Waals surface area contributed by atoms with Gasteiger partial charge in [-0.2, -0.15) is 0 Å². The van der Waals surface area contributed by atoms with Crippen molar-refractivity contribution in [3.8, 4) is 16.8 Å². The molecule has 0 saturated carbocycles. The second kappa shape index (κ2) is 6.61. The zero-order valence-electron chi connectivity index (χ0n) is 18.7. The molecular weight excluding hydrogens is 412 g/mol. The van der Waals surface area contributed by atoms with Gasteiger partial charge in [0.1, 0.15) is 0 Å². The molecule has 0 unspecified atom stereocenters. The molecule has 7 aromatic rings. The van der Waals surface area contributed by atoms with Crippen LogP contribution in [0.1, 0.15) is 11.1 Å². The van der Waals surface area contributed by atoms with Crippen LogP contribution in [0.4, 0.5) is 0 Å². The molecule has 0 radical (unpaired) electrons. The third-order valence-corrected chi connectivity index (χ3v) is 7.61. The monoisotopic (exact) mass is 434 g/mol. The van der Waals surface area contributed by atoms with Crippen LogP contribution >= 0.6 is 0 Å². The molecule has 2 aromatic heterocycles. The number of aromatic nitrogens is 2. The van der Waals surface area contributed by atoms with E-state index in [-0.39, 0.29) is 0 Å². The Morgan fingerprint density at radius 2 is 1.38 bits per heavy atom. The maximum Gasteiger partial charge on any atom is 0.0580 e. The largest absolute Gasteiger partial charge is 0.354 e. The molecule has 0 aliphatic heterocycles. The summed E-state index contributed by atoms with van der Waals surface area (Å²) in [7, 11) is 0. The first kappa shape index (κ1) is 18.2. The summed E-state index contributed by atoms with van der Waals surface area (Å²) in [5, 5.41) is 5.47. The highest BCUT2D eigenvalue weighted by molar-refractivity contribution is 6.21. The lowest BCUT2D eigenvalue weighted by atomic mass is 9.89. The molecule has 1 aliphatic rings. The van der Waals surface area contributed by atoms with E-state index in [1.54, 1.807) is 0 Å². The van der Waals surface area contributed by atoms with Crippen molar-refractivity contribution in [3.05, 3.63) is 114 Å². The Labute approximate surface area is 197 Å². The van der Waals surface area contributed by atoms with Crippen LogP contribution in [0.2, 0.25) is 0 Å². The SMILES string of the molecule is c1ccc(-c2ccc(-n3c4ccccc4c4cc5[nH]c6cccc7c6c5c(c43)CC7)cc2)cc1. The first-order valence-electron chi connectivity index (χ1n) is 12.0. The Balaban J connectivity index is 1.48. The Morgan fingerprint density at radius 1 is 0.588 bits per heavy atom. The van der Waals surface area contributed by atoms with E-state index in [2.05, 4.69) is 113 Å². The van der Waals surface area contributed by atoms with Crippen LogP contribution in [0.15, 0.2) is 103 Å². The van der Waals surface area contributed by atoms with Gasteiger partial charge in [0.05, 0.1) is 11.0 Å². The predicted molar refractivity (Wildman–Crippen MR) is 143 cm³/mol. The van der Waals surface area contributed by atoms with Gasteiger partial charge in [-0.25, -0.2) is 0 Å². The first-order chi connectivity index (χ1) is 16.9. The molecule has 5 aromatic carbocycles. The summed E-state index contributed by atoms with van der Waals surface area (Å²) in [6.07, 6.45) is 2.15. The highest BCUT2D eigenvalue weighted by Crippen LogP contribution is 2.43. The number of benzene rings is 5. The molecule has 1 aliphatic carbocycles. The van der Waals surface area contributed by atoms with Gasteiger partial charge in [-0.15, -0.1) is 0 Å². The van der Waals surface area contributed by atoms with Crippen molar-refractivity contribution in [1.29, 1.82) is 0 Å². The van der Waals surface area contributed by atoms with Gasteiger partial charge >= 0.3 is 0 Å². The van der Waals surface area contributed by atoms with Crippen molar-refractivity contribution in [3.63, 3.8) is 0 Å². The van der Waals surface area contributed by atoms with E-state index in [1.807, 2.05) is 0 Å². The lowest BCUT2D eigenvalue weighted by Gasteiger charge is -2.17. The molecule has 0 bridgehead atoms. The van der Waals surface area contributed by atoms with Crippen LogP contribution < -0.4 is 0 Å². The maximum absolute atomic E-state index is 3.72. The number of aryl methyl sites for hydroxylation is 2. The molecular formula is C32H22N2. The predicted octanol–water partition coefficient (Wildman–Crippen LogP) is 8.18. The van der Waals surface area contributed by atoms with Crippen molar-refractivity contribution < 1.29 is 0 Å². The zero-order valence-corrected chi connectivity index (χ0v) is 18.7. The lowest BCUT2D eigenvalue weighted by molar-refractivity contribution is 0.969. The van der Waals surface area contributed by atoms with E-state index in [1.165, 1.54) is 71.6 Å². The van der Waals surface area contributed by atoms with E-state index >= 15 is 0 Å². The van der Waals surface area contributed by atoms with E-state index < -0.39 is 0 Å². The molecule has 1 N–H and O–H groups in total. The summed E-state index contributed by atoms with van der Waals surface area (Å²) in [5.74, 6) is 0. The maximum atomic E-state index is 3.72. The Morgan fingerprint density at radius 3 is 2.26 bits per heavy atom. The van der Waals surface area contributed by atoms with E-state index in [9.17, 15) is 0 Å². The molecule has 8 rings (SSSR count). The normalized spacial score (nSPS) is 13.1. The molecule has 160 valence electrons. The molecule has 0 atom stereocenters. The van der Waals surface area contributed by atoms with Gasteiger partial charge in [0.2, 0.25) is 0 Å². The van der Waals surface area contributed by atoms with Crippen molar-refractivity contribution in [2.45, 2.75) is 12.8 Å². The fourth-order valence-corrected chi connectivity index (χ4v) is 6.15. The average molecular weight is 435 g/mol. The van der Waals surface area contributed by atoms with E-state index in [0.29, 0.717) is 0 Å². The summed E-state index contributed by atoms with van der Waals surface area (Å²) in [6, 6.07) is 37.6. The van der Waals surface area contributed by atoms with Crippen molar-refractivity contribution in [2.24, 2.45) is 0 Å². The third kappa shape index (κ3) is 2.35. The number of para-hydroxylation sites is 1. The molecule has 0 amide bonds. The number of aromatic amines is 1. The zero-order chi connectivity index (χ0) is 22.2. The van der Waals surface area contributed by atoms with Gasteiger partial charge in [0.25, 0.3) is 0 Å². The number of nitrogens with one attached hydrogen (secondary N) is 1. The molecule has 2 nitrogen and oxygen atoms in total. The highest BCUT2D eigenvalue weighted by Gasteiger charge is 2.24. The molecule has 34 heavy (non-hydrogen) atoms.